The van der Waals surface area contributed by atoms with Gasteiger partial charge in [-0.05, 0) is 54.0 Å². The number of rotatable bonds is 19. The summed E-state index contributed by atoms with van der Waals surface area (Å²) in [5.74, 6) is -4.73. The van der Waals surface area contributed by atoms with Gasteiger partial charge in [0.15, 0.2) is 0 Å². The molecule has 4 amide bonds. The molecule has 0 bridgehead atoms. The molecule has 15 heteroatoms. The van der Waals surface area contributed by atoms with Gasteiger partial charge in [-0.3, -0.25) is 28.8 Å². The number of carbonyl (C=O) groups is 6. The van der Waals surface area contributed by atoms with Crippen LogP contribution < -0.4 is 21.3 Å². The first-order valence-corrected chi connectivity index (χ1v) is 16.3. The van der Waals surface area contributed by atoms with Gasteiger partial charge in [-0.25, -0.2) is 0 Å². The molecule has 0 radical (unpaired) electrons. The van der Waals surface area contributed by atoms with E-state index in [1.807, 2.05) is 13.8 Å². The Morgan fingerprint density at radius 2 is 1.36 bits per heavy atom. The van der Waals surface area contributed by atoms with E-state index in [1.54, 1.807) is 42.5 Å². The first kappa shape index (κ1) is 39.4. The smallest absolute Gasteiger partial charge is 0.307 e. The van der Waals surface area contributed by atoms with Crippen LogP contribution in [0.4, 0.5) is 0 Å². The molecular formula is C32H40Cl2N4O8S. The molecule has 0 heterocycles. The topological polar surface area (TPSA) is 191 Å². The first-order valence-electron chi connectivity index (χ1n) is 14.9. The maximum Gasteiger partial charge on any atom is 0.307 e. The third kappa shape index (κ3) is 14.7. The van der Waals surface area contributed by atoms with Gasteiger partial charge in [-0.1, -0.05) is 67.4 Å². The molecule has 2 rings (SSSR count). The fourth-order valence-electron chi connectivity index (χ4n) is 4.53. The number of carbonyl (C=O) groups excluding carboxylic acids is 4. The number of hydrogen-bond acceptors (Lipinski definition) is 7. The maximum atomic E-state index is 13.3. The molecule has 256 valence electrons. The molecule has 6 N–H and O–H groups in total. The summed E-state index contributed by atoms with van der Waals surface area (Å²) in [5.41, 5.74) is 1.88. The molecule has 0 aromatic heterocycles. The molecule has 0 saturated heterocycles. The number of aliphatic carboxylic acids is 2. The quantitative estimate of drug-likeness (QED) is 0.108. The minimum atomic E-state index is -1.27. The lowest BCUT2D eigenvalue weighted by Crippen LogP contribution is -2.57. The average Bonchev–Trinajstić information content (AvgIpc) is 2.98. The second kappa shape index (κ2) is 19.8. The number of hydrogen-bond donors (Lipinski definition) is 7. The van der Waals surface area contributed by atoms with Gasteiger partial charge in [0.25, 0.3) is 0 Å². The minimum Gasteiger partial charge on any atom is -0.481 e. The molecule has 12 nitrogen and oxygen atoms in total. The zero-order valence-corrected chi connectivity index (χ0v) is 28.5. The molecule has 0 aliphatic carbocycles. The molecule has 0 unspecified atom stereocenters. The van der Waals surface area contributed by atoms with Crippen molar-refractivity contribution in [3.8, 4) is 0 Å². The van der Waals surface area contributed by atoms with Crippen molar-refractivity contribution in [2.45, 2.75) is 70.5 Å². The summed E-state index contributed by atoms with van der Waals surface area (Å²) in [4.78, 5) is 74.5. The lowest BCUT2D eigenvalue weighted by atomic mass is 10.0. The van der Waals surface area contributed by atoms with Gasteiger partial charge in [0.05, 0.1) is 12.8 Å². The van der Waals surface area contributed by atoms with Crippen molar-refractivity contribution >= 4 is 71.4 Å². The van der Waals surface area contributed by atoms with Gasteiger partial charge in [0, 0.05) is 28.8 Å². The zero-order valence-electron chi connectivity index (χ0n) is 26.1. The van der Waals surface area contributed by atoms with Crippen molar-refractivity contribution in [1.82, 2.24) is 21.3 Å². The second-order valence-corrected chi connectivity index (χ2v) is 12.5. The van der Waals surface area contributed by atoms with E-state index >= 15 is 0 Å². The van der Waals surface area contributed by atoms with Gasteiger partial charge >= 0.3 is 11.9 Å². The van der Waals surface area contributed by atoms with Crippen molar-refractivity contribution in [3.63, 3.8) is 0 Å². The normalized spacial score (nSPS) is 12.8. The lowest BCUT2D eigenvalue weighted by Gasteiger charge is -2.26. The number of halogens is 2. The van der Waals surface area contributed by atoms with Crippen molar-refractivity contribution in [2.24, 2.45) is 5.92 Å². The van der Waals surface area contributed by atoms with E-state index < -0.39 is 60.1 Å². The van der Waals surface area contributed by atoms with Crippen molar-refractivity contribution in [2.75, 3.05) is 12.3 Å². The summed E-state index contributed by atoms with van der Waals surface area (Å²) in [6.07, 6.45) is -0.375. The van der Waals surface area contributed by atoms with E-state index in [1.165, 1.54) is 0 Å². The Morgan fingerprint density at radius 3 is 1.91 bits per heavy atom. The number of thiol groups is 1. The summed E-state index contributed by atoms with van der Waals surface area (Å²) in [6.45, 7) is 3.90. The Labute approximate surface area is 288 Å². The van der Waals surface area contributed by atoms with Crippen LogP contribution in [0.5, 0.6) is 0 Å². The molecule has 0 fully saturated rings. The number of amides is 4. The Kier molecular flexibility index (Phi) is 16.6. The largest absolute Gasteiger partial charge is 0.481 e. The van der Waals surface area contributed by atoms with Crippen LogP contribution in [0.15, 0.2) is 42.5 Å². The summed E-state index contributed by atoms with van der Waals surface area (Å²) in [5, 5.41) is 29.6. The number of carboxylic acids is 2. The van der Waals surface area contributed by atoms with Crippen LogP contribution in [0.3, 0.4) is 0 Å². The third-order valence-corrected chi connectivity index (χ3v) is 7.86. The molecule has 47 heavy (non-hydrogen) atoms. The standard InChI is InChI=1S/C32H40Cl2N4O8S/c1-18(2)13-25(32(46)38-26(17-47)30(44)35-12-11-21-7-8-22(33)16-23(21)34)37-31(45)24(9-10-28(40)41)36-27(39)14-19-3-5-20(6-4-19)15-29(42)43/h3-8,16,18,24-26,47H,9-15,17H2,1-2H3,(H,35,44)(H,36,39)(H,37,45)(H,38,46)(H,40,41)(H,42,43)/t24-,25-,26-/m0/s1. The van der Waals surface area contributed by atoms with Crippen LogP contribution in [-0.4, -0.2) is 76.2 Å². The summed E-state index contributed by atoms with van der Waals surface area (Å²) < 4.78 is 0. The molecular weight excluding hydrogens is 671 g/mol. The predicted octanol–water partition coefficient (Wildman–Crippen LogP) is 2.82. The minimum absolute atomic E-state index is 0.0315. The SMILES string of the molecule is CC(C)C[C@H](NC(=O)[C@H](CCC(=O)O)NC(=O)Cc1ccc(CC(=O)O)cc1)C(=O)N[C@@H](CS)C(=O)NCCc1ccc(Cl)cc1Cl. The highest BCUT2D eigenvalue weighted by atomic mass is 35.5. The maximum absolute atomic E-state index is 13.3. The highest BCUT2D eigenvalue weighted by Gasteiger charge is 2.30. The van der Waals surface area contributed by atoms with E-state index in [0.29, 0.717) is 27.6 Å². The van der Waals surface area contributed by atoms with Crippen LogP contribution in [0, 0.1) is 5.92 Å². The van der Waals surface area contributed by atoms with E-state index in [2.05, 4.69) is 33.9 Å². The van der Waals surface area contributed by atoms with Gasteiger partial charge in [0.1, 0.15) is 18.1 Å². The van der Waals surface area contributed by atoms with Crippen molar-refractivity contribution in [1.29, 1.82) is 0 Å². The first-order chi connectivity index (χ1) is 22.2. The van der Waals surface area contributed by atoms with Crippen molar-refractivity contribution in [3.05, 3.63) is 69.2 Å². The van der Waals surface area contributed by atoms with Gasteiger partial charge in [-0.2, -0.15) is 12.6 Å². The summed E-state index contributed by atoms with van der Waals surface area (Å²) in [6, 6.07) is 7.98. The van der Waals surface area contributed by atoms with Gasteiger partial charge in [-0.15, -0.1) is 0 Å². The van der Waals surface area contributed by atoms with E-state index in [-0.39, 0.29) is 43.9 Å². The van der Waals surface area contributed by atoms with E-state index in [9.17, 15) is 33.9 Å². The number of carboxylic acid groups (broad SMARTS) is 2. The monoisotopic (exact) mass is 710 g/mol. The van der Waals surface area contributed by atoms with Crippen LogP contribution >= 0.6 is 35.8 Å². The average molecular weight is 712 g/mol. The van der Waals surface area contributed by atoms with Gasteiger partial charge < -0.3 is 31.5 Å². The molecule has 2 aromatic carbocycles. The highest BCUT2D eigenvalue weighted by molar-refractivity contribution is 7.80. The Bertz CT molecular complexity index is 1420. The van der Waals surface area contributed by atoms with Crippen molar-refractivity contribution < 1.29 is 39.0 Å². The number of nitrogens with one attached hydrogen (secondary N) is 4. The van der Waals surface area contributed by atoms with E-state index in [0.717, 1.165) is 5.56 Å². The van der Waals surface area contributed by atoms with Crippen LogP contribution in [0.2, 0.25) is 10.0 Å². The molecule has 0 aliphatic rings. The molecule has 2 aromatic rings. The van der Waals surface area contributed by atoms with Crippen LogP contribution in [0.1, 0.15) is 49.8 Å². The Hall–Kier alpha value is -3.81. The molecule has 0 spiro atoms. The Morgan fingerprint density at radius 1 is 0.766 bits per heavy atom. The highest BCUT2D eigenvalue weighted by Crippen LogP contribution is 2.21. The molecule has 3 atom stereocenters. The zero-order chi connectivity index (χ0) is 35.1. The van der Waals surface area contributed by atoms with Crippen LogP contribution in [0.25, 0.3) is 0 Å². The van der Waals surface area contributed by atoms with Crippen LogP contribution in [-0.2, 0) is 48.0 Å². The molecule has 0 saturated carbocycles. The number of benzene rings is 2. The third-order valence-electron chi connectivity index (χ3n) is 6.91. The molecule has 0 aliphatic heterocycles. The van der Waals surface area contributed by atoms with E-state index in [4.69, 9.17) is 28.3 Å². The second-order valence-electron chi connectivity index (χ2n) is 11.3. The fraction of sp³-hybridized carbons (Fsp3) is 0.438. The predicted molar refractivity (Wildman–Crippen MR) is 181 cm³/mol. The Balaban J connectivity index is 2.06. The lowest BCUT2D eigenvalue weighted by molar-refractivity contribution is -0.138. The summed E-state index contributed by atoms with van der Waals surface area (Å²) in [7, 11) is 0. The fourth-order valence-corrected chi connectivity index (χ4v) is 5.29. The van der Waals surface area contributed by atoms with Gasteiger partial charge in [0.2, 0.25) is 23.6 Å². The summed E-state index contributed by atoms with van der Waals surface area (Å²) >= 11 is 16.3.